The molecule has 3 aliphatic rings. The Balaban J connectivity index is 1.08. The van der Waals surface area contributed by atoms with Gasteiger partial charge in [-0.3, -0.25) is 14.4 Å². The first-order valence-corrected chi connectivity index (χ1v) is 18.0. The van der Waals surface area contributed by atoms with Crippen molar-refractivity contribution in [3.8, 4) is 0 Å². The quantitative estimate of drug-likeness (QED) is 0.240. The largest absolute Gasteiger partial charge is 0.354 e. The maximum atomic E-state index is 14.0. The van der Waals surface area contributed by atoms with Crippen molar-refractivity contribution in [3.05, 3.63) is 71.1 Å². The van der Waals surface area contributed by atoms with Crippen LogP contribution in [0.15, 0.2) is 60.7 Å². The van der Waals surface area contributed by atoms with Crippen molar-refractivity contribution >= 4 is 39.1 Å². The molecule has 1 atom stereocenters. The lowest BCUT2D eigenvalue weighted by atomic mass is 9.88. The standard InChI is InChI=1S/C37H48N4O3S/c42-34(38-25-28-17-21-41(22-18-28)26-29-13-5-2-6-14-29)31(23-27-11-3-1-4-12-27)39-36(44)37(19-9-10-20-37)40-35(43)33-24-30-15-7-8-16-32(30)45-33/h1,3-4,7-8,11-12,15-16,24,28-29,31H,2,5-6,9-10,13-14,17-23,25-26H2,(H,38,42)(H,39,44)(H,40,43)/t31-/m1/s1. The Morgan fingerprint density at radius 1 is 0.844 bits per heavy atom. The van der Waals surface area contributed by atoms with Crippen molar-refractivity contribution in [2.45, 2.75) is 88.6 Å². The SMILES string of the molecule is O=C(NC1(C(=O)N[C@H](Cc2ccccc2)C(=O)NCC2CCN(CC3CCCCC3)CC2)CCCC1)c1cc2ccccc2s1. The van der Waals surface area contributed by atoms with Crippen LogP contribution in [0.4, 0.5) is 0 Å². The molecular weight excluding hydrogens is 580 g/mol. The maximum absolute atomic E-state index is 14.0. The number of nitrogens with one attached hydrogen (secondary N) is 3. The number of amides is 3. The molecule has 2 aromatic carbocycles. The van der Waals surface area contributed by atoms with E-state index in [1.54, 1.807) is 0 Å². The molecule has 1 aliphatic heterocycles. The summed E-state index contributed by atoms with van der Waals surface area (Å²) < 4.78 is 1.04. The molecule has 7 nitrogen and oxygen atoms in total. The summed E-state index contributed by atoms with van der Waals surface area (Å²) in [5.74, 6) is 0.663. The highest BCUT2D eigenvalue weighted by Crippen LogP contribution is 2.32. The lowest BCUT2D eigenvalue weighted by Gasteiger charge is -2.35. The molecule has 3 fully saturated rings. The van der Waals surface area contributed by atoms with Crippen molar-refractivity contribution < 1.29 is 14.4 Å². The van der Waals surface area contributed by atoms with Gasteiger partial charge >= 0.3 is 0 Å². The van der Waals surface area contributed by atoms with Crippen LogP contribution in [-0.4, -0.2) is 60.4 Å². The number of carbonyl (C=O) groups is 3. The van der Waals surface area contributed by atoms with E-state index in [9.17, 15) is 14.4 Å². The summed E-state index contributed by atoms with van der Waals surface area (Å²) in [5, 5.41) is 10.4. The van der Waals surface area contributed by atoms with Gasteiger partial charge in [0.05, 0.1) is 4.88 Å². The van der Waals surface area contributed by atoms with Gasteiger partial charge in [-0.05, 0) is 86.5 Å². The summed E-state index contributed by atoms with van der Waals surface area (Å²) in [6.07, 6.45) is 12.3. The Labute approximate surface area is 271 Å². The van der Waals surface area contributed by atoms with Crippen LogP contribution in [0.5, 0.6) is 0 Å². The van der Waals surface area contributed by atoms with E-state index in [0.717, 1.165) is 60.3 Å². The van der Waals surface area contributed by atoms with Gasteiger partial charge in [0.15, 0.2) is 0 Å². The van der Waals surface area contributed by atoms with Crippen molar-refractivity contribution in [1.82, 2.24) is 20.9 Å². The third-order valence-corrected chi connectivity index (χ3v) is 11.4. The average molecular weight is 629 g/mol. The van der Waals surface area contributed by atoms with Crippen molar-refractivity contribution in [2.24, 2.45) is 11.8 Å². The second-order valence-corrected chi connectivity index (χ2v) is 14.7. The van der Waals surface area contributed by atoms with E-state index in [4.69, 9.17) is 0 Å². The first kappa shape index (κ1) is 31.7. The Kier molecular flexibility index (Phi) is 10.5. The van der Waals surface area contributed by atoms with Crippen molar-refractivity contribution in [3.63, 3.8) is 0 Å². The Morgan fingerprint density at radius 2 is 1.56 bits per heavy atom. The van der Waals surface area contributed by atoms with Gasteiger partial charge < -0.3 is 20.9 Å². The fraction of sp³-hybridized carbons (Fsp3) is 0.541. The highest BCUT2D eigenvalue weighted by molar-refractivity contribution is 7.20. The van der Waals surface area contributed by atoms with Gasteiger partial charge in [0.1, 0.15) is 11.6 Å². The first-order valence-electron chi connectivity index (χ1n) is 17.1. The van der Waals surface area contributed by atoms with Crippen LogP contribution in [0.2, 0.25) is 0 Å². The maximum Gasteiger partial charge on any atom is 0.262 e. The Bertz CT molecular complexity index is 1400. The van der Waals surface area contributed by atoms with Gasteiger partial charge in [0.2, 0.25) is 11.8 Å². The molecule has 2 heterocycles. The van der Waals surface area contributed by atoms with Crippen LogP contribution in [0.25, 0.3) is 10.1 Å². The summed E-state index contributed by atoms with van der Waals surface area (Å²) >= 11 is 1.44. The minimum absolute atomic E-state index is 0.152. The van der Waals surface area contributed by atoms with Gasteiger partial charge in [-0.1, -0.05) is 80.6 Å². The van der Waals surface area contributed by atoms with E-state index in [2.05, 4.69) is 20.9 Å². The second kappa shape index (κ2) is 14.9. The van der Waals surface area contributed by atoms with Gasteiger partial charge in [-0.15, -0.1) is 11.3 Å². The normalized spacial score (nSPS) is 20.1. The molecule has 1 saturated heterocycles. The highest BCUT2D eigenvalue weighted by Gasteiger charge is 2.44. The number of thiophene rings is 1. The van der Waals surface area contributed by atoms with Crippen molar-refractivity contribution in [2.75, 3.05) is 26.2 Å². The fourth-order valence-corrected chi connectivity index (χ4v) is 8.55. The molecule has 6 rings (SSSR count). The monoisotopic (exact) mass is 628 g/mol. The Hall–Kier alpha value is -3.23. The third kappa shape index (κ3) is 8.14. The van der Waals surface area contributed by atoms with Crippen LogP contribution in [0.1, 0.15) is 85.9 Å². The topological polar surface area (TPSA) is 90.5 Å². The number of likely N-dealkylation sites (tertiary alicyclic amines) is 1. The van der Waals surface area contributed by atoms with Crippen LogP contribution >= 0.6 is 11.3 Å². The van der Waals surface area contributed by atoms with Crippen molar-refractivity contribution in [1.29, 1.82) is 0 Å². The van der Waals surface area contributed by atoms with E-state index < -0.39 is 11.6 Å². The average Bonchev–Trinajstić information content (AvgIpc) is 3.73. The molecule has 8 heteroatoms. The van der Waals surface area contributed by atoms with Crippen LogP contribution in [0.3, 0.4) is 0 Å². The van der Waals surface area contributed by atoms with Gasteiger partial charge in [-0.25, -0.2) is 0 Å². The third-order valence-electron chi connectivity index (χ3n) is 10.3. The minimum atomic E-state index is -1.02. The van der Waals surface area contributed by atoms with E-state index in [1.807, 2.05) is 60.7 Å². The number of piperidine rings is 1. The first-order chi connectivity index (χ1) is 22.0. The molecule has 3 N–H and O–H groups in total. The molecule has 2 saturated carbocycles. The summed E-state index contributed by atoms with van der Waals surface area (Å²) in [6.45, 7) is 4.06. The van der Waals surface area contributed by atoms with E-state index in [1.165, 1.54) is 50.0 Å². The van der Waals surface area contributed by atoms with E-state index >= 15 is 0 Å². The Morgan fingerprint density at radius 3 is 2.29 bits per heavy atom. The molecule has 0 unspecified atom stereocenters. The minimum Gasteiger partial charge on any atom is -0.354 e. The lowest BCUT2D eigenvalue weighted by Crippen LogP contribution is -2.61. The molecule has 0 spiro atoms. The van der Waals surface area contributed by atoms with Crippen LogP contribution in [-0.2, 0) is 16.0 Å². The number of hydrogen-bond donors (Lipinski definition) is 3. The summed E-state index contributed by atoms with van der Waals surface area (Å²) in [6, 6.07) is 18.9. The number of nitrogens with zero attached hydrogens (tertiary/aromatic N) is 1. The zero-order chi connectivity index (χ0) is 31.1. The number of rotatable bonds is 11. The number of hydrogen-bond acceptors (Lipinski definition) is 5. The molecule has 3 aromatic rings. The molecule has 240 valence electrons. The zero-order valence-electron chi connectivity index (χ0n) is 26.4. The fourth-order valence-electron chi connectivity index (χ4n) is 7.59. The highest BCUT2D eigenvalue weighted by atomic mass is 32.1. The number of benzene rings is 2. The number of fused-ring (bicyclic) bond motifs is 1. The van der Waals surface area contributed by atoms with Crippen LogP contribution in [0, 0.1) is 11.8 Å². The summed E-state index contributed by atoms with van der Waals surface area (Å²) in [4.78, 5) is 44.4. The molecule has 45 heavy (non-hydrogen) atoms. The number of carbonyl (C=O) groups excluding carboxylic acids is 3. The predicted molar refractivity (Wildman–Crippen MR) is 181 cm³/mol. The molecular formula is C37H48N4O3S. The van der Waals surface area contributed by atoms with E-state index in [-0.39, 0.29) is 17.7 Å². The molecule has 0 bridgehead atoms. The second-order valence-electron chi connectivity index (χ2n) is 13.6. The lowest BCUT2D eigenvalue weighted by molar-refractivity contribution is -0.132. The predicted octanol–water partition coefficient (Wildman–Crippen LogP) is 6.08. The van der Waals surface area contributed by atoms with Gasteiger partial charge in [0.25, 0.3) is 5.91 Å². The van der Waals surface area contributed by atoms with Gasteiger partial charge in [-0.2, -0.15) is 0 Å². The molecule has 0 radical (unpaired) electrons. The van der Waals surface area contributed by atoms with E-state index in [0.29, 0.717) is 36.6 Å². The molecule has 2 aliphatic carbocycles. The summed E-state index contributed by atoms with van der Waals surface area (Å²) in [7, 11) is 0. The zero-order valence-corrected chi connectivity index (χ0v) is 27.2. The summed E-state index contributed by atoms with van der Waals surface area (Å²) in [5.41, 5.74) is -0.0306. The molecule has 3 amide bonds. The molecule has 1 aromatic heterocycles. The van der Waals surface area contributed by atoms with Gasteiger partial charge in [0, 0.05) is 24.2 Å². The smallest absolute Gasteiger partial charge is 0.262 e. The van der Waals surface area contributed by atoms with Crippen LogP contribution < -0.4 is 16.0 Å².